The summed E-state index contributed by atoms with van der Waals surface area (Å²) in [6.07, 6.45) is 6.41. The van der Waals surface area contributed by atoms with Gasteiger partial charge in [-0.15, -0.1) is 0 Å². The van der Waals surface area contributed by atoms with E-state index in [1.807, 2.05) is 36.4 Å². The second kappa shape index (κ2) is 8.21. The molecule has 0 fully saturated rings. The van der Waals surface area contributed by atoms with Crippen molar-refractivity contribution in [3.8, 4) is 0 Å². The van der Waals surface area contributed by atoms with Crippen LogP contribution in [-0.4, -0.2) is 24.6 Å². The highest BCUT2D eigenvalue weighted by molar-refractivity contribution is 5.94. The van der Waals surface area contributed by atoms with Crippen molar-refractivity contribution >= 4 is 24.1 Å². The highest BCUT2D eigenvalue weighted by Crippen LogP contribution is 1.99. The molecule has 112 valence electrons. The van der Waals surface area contributed by atoms with Crippen LogP contribution in [0.3, 0.4) is 0 Å². The largest absolute Gasteiger partial charge is 0.459 e. The van der Waals surface area contributed by atoms with Gasteiger partial charge in [0.15, 0.2) is 5.76 Å². The van der Waals surface area contributed by atoms with Gasteiger partial charge >= 0.3 is 0 Å². The lowest BCUT2D eigenvalue weighted by Crippen LogP contribution is -2.34. The number of amides is 2. The van der Waals surface area contributed by atoms with Gasteiger partial charge in [-0.3, -0.25) is 9.59 Å². The molecule has 2 amide bonds. The molecule has 2 aromatic rings. The highest BCUT2D eigenvalue weighted by Gasteiger charge is 2.09. The minimum Gasteiger partial charge on any atom is -0.459 e. The van der Waals surface area contributed by atoms with E-state index in [0.717, 1.165) is 5.56 Å². The Kier molecular flexibility index (Phi) is 5.69. The van der Waals surface area contributed by atoms with Crippen LogP contribution in [-0.2, 0) is 4.79 Å². The number of carbonyl (C=O) groups excluding carboxylic acids is 2. The third kappa shape index (κ3) is 5.09. The fourth-order valence-corrected chi connectivity index (χ4v) is 1.57. The second-order valence-electron chi connectivity index (χ2n) is 4.24. The lowest BCUT2D eigenvalue weighted by atomic mass is 10.2. The normalized spacial score (nSPS) is 10.9. The van der Waals surface area contributed by atoms with E-state index in [4.69, 9.17) is 4.42 Å². The van der Waals surface area contributed by atoms with Crippen LogP contribution in [0, 0.1) is 0 Å². The molecular formula is C16H15N3O3. The second-order valence-corrected chi connectivity index (χ2v) is 4.24. The number of furan rings is 1. The molecule has 0 saturated heterocycles. The van der Waals surface area contributed by atoms with Crippen molar-refractivity contribution in [2.75, 3.05) is 6.54 Å². The molecule has 0 atom stereocenters. The fourth-order valence-electron chi connectivity index (χ4n) is 1.57. The summed E-state index contributed by atoms with van der Waals surface area (Å²) in [4.78, 5) is 23.0. The third-order valence-electron chi connectivity index (χ3n) is 2.59. The zero-order valence-corrected chi connectivity index (χ0v) is 11.7. The van der Waals surface area contributed by atoms with Crippen LogP contribution in [0.15, 0.2) is 64.3 Å². The van der Waals surface area contributed by atoms with E-state index in [9.17, 15) is 9.59 Å². The Bertz CT molecular complexity index is 661. The maximum absolute atomic E-state index is 11.5. The lowest BCUT2D eigenvalue weighted by molar-refractivity contribution is -0.120. The quantitative estimate of drug-likeness (QED) is 0.630. The van der Waals surface area contributed by atoms with Gasteiger partial charge in [0.05, 0.1) is 12.8 Å². The minimum absolute atomic E-state index is 0.155. The maximum atomic E-state index is 11.5. The van der Waals surface area contributed by atoms with Gasteiger partial charge in [-0.05, 0) is 23.8 Å². The van der Waals surface area contributed by atoms with E-state index in [2.05, 4.69) is 15.8 Å². The van der Waals surface area contributed by atoms with Crippen LogP contribution in [0.2, 0.25) is 0 Å². The zero-order chi connectivity index (χ0) is 15.6. The van der Waals surface area contributed by atoms with Crippen molar-refractivity contribution in [2.45, 2.75) is 0 Å². The molecule has 22 heavy (non-hydrogen) atoms. The van der Waals surface area contributed by atoms with Crippen molar-refractivity contribution in [3.63, 3.8) is 0 Å². The predicted molar refractivity (Wildman–Crippen MR) is 83.2 cm³/mol. The molecule has 2 rings (SSSR count). The molecule has 2 N–H and O–H groups in total. The molecule has 6 heteroatoms. The summed E-state index contributed by atoms with van der Waals surface area (Å²) in [6, 6.07) is 12.8. The minimum atomic E-state index is -0.451. The summed E-state index contributed by atoms with van der Waals surface area (Å²) in [5.41, 5.74) is 3.34. The number of carbonyl (C=O) groups is 2. The van der Waals surface area contributed by atoms with Crippen molar-refractivity contribution in [2.24, 2.45) is 5.10 Å². The predicted octanol–water partition coefficient (Wildman–Crippen LogP) is 1.82. The Morgan fingerprint density at radius 1 is 1.14 bits per heavy atom. The van der Waals surface area contributed by atoms with Gasteiger partial charge in [0.1, 0.15) is 0 Å². The van der Waals surface area contributed by atoms with Crippen LogP contribution in [0.5, 0.6) is 0 Å². The number of nitrogens with one attached hydrogen (secondary N) is 2. The van der Waals surface area contributed by atoms with Gasteiger partial charge in [-0.1, -0.05) is 36.4 Å². The number of nitrogens with zero attached hydrogens (tertiary/aromatic N) is 1. The molecule has 0 spiro atoms. The molecule has 1 heterocycles. The van der Waals surface area contributed by atoms with E-state index in [-0.39, 0.29) is 12.3 Å². The SMILES string of the molecule is O=C(CNC(=O)c1ccco1)N/N=C/C=C/c1ccccc1. The first-order chi connectivity index (χ1) is 10.8. The van der Waals surface area contributed by atoms with E-state index >= 15 is 0 Å². The molecule has 1 aromatic heterocycles. The smallest absolute Gasteiger partial charge is 0.287 e. The van der Waals surface area contributed by atoms with Gasteiger partial charge < -0.3 is 9.73 Å². The molecule has 0 aliphatic heterocycles. The fraction of sp³-hybridized carbons (Fsp3) is 0.0625. The van der Waals surface area contributed by atoms with Crippen LogP contribution in [0.4, 0.5) is 0 Å². The topological polar surface area (TPSA) is 83.7 Å². The number of benzene rings is 1. The Balaban J connectivity index is 1.68. The standard InChI is InChI=1S/C16H15N3O3/c20-15(12-17-16(21)14-9-5-11-22-14)19-18-10-4-8-13-6-2-1-3-7-13/h1-11H,12H2,(H,17,21)(H,19,20)/b8-4+,18-10+. The van der Waals surface area contributed by atoms with Crippen molar-refractivity contribution in [1.82, 2.24) is 10.7 Å². The Morgan fingerprint density at radius 3 is 2.68 bits per heavy atom. The average molecular weight is 297 g/mol. The van der Waals surface area contributed by atoms with Crippen LogP contribution >= 0.6 is 0 Å². The molecule has 0 radical (unpaired) electrons. The number of hydrazone groups is 1. The Hall–Kier alpha value is -3.15. The maximum Gasteiger partial charge on any atom is 0.287 e. The number of allylic oxidation sites excluding steroid dienone is 1. The van der Waals surface area contributed by atoms with Crippen molar-refractivity contribution in [3.05, 3.63) is 66.1 Å². The Morgan fingerprint density at radius 2 is 1.95 bits per heavy atom. The number of rotatable bonds is 6. The van der Waals surface area contributed by atoms with Gasteiger partial charge in [-0.2, -0.15) is 5.10 Å². The molecule has 0 aliphatic rings. The molecule has 0 aliphatic carbocycles. The number of hydrogen-bond donors (Lipinski definition) is 2. The highest BCUT2D eigenvalue weighted by atomic mass is 16.3. The molecule has 0 saturated carbocycles. The van der Waals surface area contributed by atoms with Crippen molar-refractivity contribution in [1.29, 1.82) is 0 Å². The van der Waals surface area contributed by atoms with Gasteiger partial charge in [0, 0.05) is 6.21 Å². The molecule has 0 unspecified atom stereocenters. The van der Waals surface area contributed by atoms with E-state index in [0.29, 0.717) is 0 Å². The first kappa shape index (κ1) is 15.2. The summed E-state index contributed by atoms with van der Waals surface area (Å²) in [5.74, 6) is -0.723. The van der Waals surface area contributed by atoms with Gasteiger partial charge in [0.25, 0.3) is 11.8 Å². The lowest BCUT2D eigenvalue weighted by Gasteiger charge is -2.01. The Labute approximate surface area is 127 Å². The zero-order valence-electron chi connectivity index (χ0n) is 11.7. The molecular weight excluding hydrogens is 282 g/mol. The molecule has 0 bridgehead atoms. The third-order valence-corrected chi connectivity index (χ3v) is 2.59. The summed E-state index contributed by atoms with van der Waals surface area (Å²) in [7, 11) is 0. The van der Waals surface area contributed by atoms with E-state index in [1.165, 1.54) is 18.5 Å². The molecule has 1 aromatic carbocycles. The van der Waals surface area contributed by atoms with E-state index < -0.39 is 11.8 Å². The van der Waals surface area contributed by atoms with Crippen LogP contribution in [0.1, 0.15) is 16.1 Å². The summed E-state index contributed by atoms with van der Waals surface area (Å²) in [6.45, 7) is -0.181. The number of hydrogen-bond acceptors (Lipinski definition) is 4. The summed E-state index contributed by atoms with van der Waals surface area (Å²) >= 11 is 0. The molecule has 6 nitrogen and oxygen atoms in total. The monoisotopic (exact) mass is 297 g/mol. The first-order valence-corrected chi connectivity index (χ1v) is 6.61. The van der Waals surface area contributed by atoms with Gasteiger partial charge in [0.2, 0.25) is 0 Å². The average Bonchev–Trinajstić information content (AvgIpc) is 3.08. The van der Waals surface area contributed by atoms with Crippen molar-refractivity contribution < 1.29 is 14.0 Å². The first-order valence-electron chi connectivity index (χ1n) is 6.61. The summed E-state index contributed by atoms with van der Waals surface area (Å²) in [5, 5.41) is 6.16. The van der Waals surface area contributed by atoms with Crippen LogP contribution < -0.4 is 10.7 Å². The summed E-state index contributed by atoms with van der Waals surface area (Å²) < 4.78 is 4.90. The van der Waals surface area contributed by atoms with Gasteiger partial charge in [-0.25, -0.2) is 5.43 Å². The van der Waals surface area contributed by atoms with Crippen LogP contribution in [0.25, 0.3) is 6.08 Å². The van der Waals surface area contributed by atoms with E-state index in [1.54, 1.807) is 12.1 Å².